The summed E-state index contributed by atoms with van der Waals surface area (Å²) in [6.45, 7) is 11.5. The number of hydrogen-bond donors (Lipinski definition) is 4. The molecule has 0 saturated heterocycles. The van der Waals surface area contributed by atoms with Crippen LogP contribution in [0.1, 0.15) is 75.9 Å². The van der Waals surface area contributed by atoms with Gasteiger partial charge >= 0.3 is 18.2 Å². The van der Waals surface area contributed by atoms with Crippen molar-refractivity contribution >= 4 is 24.1 Å². The number of carboxylic acids is 1. The number of likely N-dealkylation sites (N-methyl/N-ethyl adjacent to an activating group) is 1. The van der Waals surface area contributed by atoms with Crippen molar-refractivity contribution in [3.05, 3.63) is 143 Å². The third-order valence-corrected chi connectivity index (χ3v) is 7.09. The molecule has 0 heterocycles. The van der Waals surface area contributed by atoms with Gasteiger partial charge < -0.3 is 35.4 Å². The molecule has 0 aromatic heterocycles. The number of halogens is 2. The molecule has 4 aromatic carbocycles. The van der Waals surface area contributed by atoms with Crippen LogP contribution in [0.25, 0.3) is 0 Å². The fraction of sp³-hybridized carbons (Fsp3) is 0.333. The lowest BCUT2D eigenvalue weighted by atomic mass is 10.1. The first kappa shape index (κ1) is 45.3. The number of carbonyl (C=O) groups excluding carboxylic acids is 3. The zero-order valence-corrected chi connectivity index (χ0v) is 32.6. The van der Waals surface area contributed by atoms with E-state index in [1.165, 1.54) is 29.2 Å². The quantitative estimate of drug-likeness (QED) is 0.127. The van der Waals surface area contributed by atoms with Gasteiger partial charge in [0.05, 0.1) is 0 Å². The van der Waals surface area contributed by atoms with Crippen LogP contribution in [-0.4, -0.2) is 59.4 Å². The van der Waals surface area contributed by atoms with Crippen molar-refractivity contribution in [2.75, 3.05) is 14.1 Å². The second-order valence-corrected chi connectivity index (χ2v) is 14.3. The van der Waals surface area contributed by atoms with Gasteiger partial charge in [-0.3, -0.25) is 4.79 Å². The number of nitrogens with zero attached hydrogens (tertiary/aromatic N) is 1. The Morgan fingerprint density at radius 1 is 0.636 bits per heavy atom. The molecule has 0 aliphatic carbocycles. The lowest BCUT2D eigenvalue weighted by Gasteiger charge is -2.27. The van der Waals surface area contributed by atoms with E-state index in [-0.39, 0.29) is 17.5 Å². The number of rotatable bonds is 10. The van der Waals surface area contributed by atoms with Crippen molar-refractivity contribution in [1.29, 1.82) is 0 Å². The maximum Gasteiger partial charge on any atom is 0.408 e. The number of amides is 3. The van der Waals surface area contributed by atoms with E-state index in [0.717, 1.165) is 17.7 Å². The van der Waals surface area contributed by atoms with Crippen molar-refractivity contribution in [3.8, 4) is 0 Å². The van der Waals surface area contributed by atoms with Gasteiger partial charge in [0.25, 0.3) is 0 Å². The Morgan fingerprint density at radius 2 is 1.02 bits per heavy atom. The van der Waals surface area contributed by atoms with Crippen LogP contribution in [-0.2, 0) is 32.2 Å². The number of alkyl carbamates (subject to hydrolysis) is 2. The highest BCUT2D eigenvalue weighted by molar-refractivity contribution is 5.87. The Bertz CT molecular complexity index is 1780. The van der Waals surface area contributed by atoms with E-state index in [0.29, 0.717) is 17.7 Å². The first-order chi connectivity index (χ1) is 25.8. The van der Waals surface area contributed by atoms with Crippen molar-refractivity contribution in [2.45, 2.75) is 77.9 Å². The zero-order chi connectivity index (χ0) is 41.2. The summed E-state index contributed by atoms with van der Waals surface area (Å²) in [5.74, 6) is -1.94. The molecular weight excluding hydrogens is 710 g/mol. The minimum Gasteiger partial charge on any atom is -0.479 e. The molecule has 0 saturated carbocycles. The Balaban J connectivity index is 0.000000319. The summed E-state index contributed by atoms with van der Waals surface area (Å²) in [7, 11) is 3.50. The van der Waals surface area contributed by atoms with Crippen LogP contribution in [0.4, 0.5) is 18.4 Å². The summed E-state index contributed by atoms with van der Waals surface area (Å²) in [6, 6.07) is 27.9. The van der Waals surface area contributed by atoms with Gasteiger partial charge in [0.1, 0.15) is 28.9 Å². The van der Waals surface area contributed by atoms with E-state index in [1.54, 1.807) is 127 Å². The summed E-state index contributed by atoms with van der Waals surface area (Å²) in [4.78, 5) is 49.4. The average molecular weight is 763 g/mol. The van der Waals surface area contributed by atoms with E-state index < -0.39 is 41.4 Å². The van der Waals surface area contributed by atoms with Gasteiger partial charge in [0, 0.05) is 20.1 Å². The first-order valence-electron chi connectivity index (χ1n) is 17.5. The summed E-state index contributed by atoms with van der Waals surface area (Å²) < 4.78 is 35.7. The lowest BCUT2D eigenvalue weighted by molar-refractivity contribution is -0.139. The lowest BCUT2D eigenvalue weighted by Crippen LogP contribution is -2.43. The monoisotopic (exact) mass is 762 g/mol. The summed E-state index contributed by atoms with van der Waals surface area (Å²) in [5, 5.41) is 17.1. The predicted octanol–water partition coefficient (Wildman–Crippen LogP) is 7.93. The average Bonchev–Trinajstić information content (AvgIpc) is 3.11. The molecule has 4 rings (SSSR count). The van der Waals surface area contributed by atoms with E-state index in [2.05, 4.69) is 16.0 Å². The van der Waals surface area contributed by atoms with Gasteiger partial charge in [-0.1, -0.05) is 84.9 Å². The number of carboxylic acid groups (broad SMARTS) is 1. The molecule has 55 heavy (non-hydrogen) atoms. The largest absolute Gasteiger partial charge is 0.479 e. The first-order valence-corrected chi connectivity index (χ1v) is 17.5. The number of nitrogens with one attached hydrogen (secondary N) is 3. The zero-order valence-electron chi connectivity index (χ0n) is 32.6. The number of benzene rings is 4. The number of ether oxygens (including phenoxy) is 2. The van der Waals surface area contributed by atoms with Gasteiger partial charge in [-0.15, -0.1) is 0 Å². The minimum absolute atomic E-state index is 0.181. The van der Waals surface area contributed by atoms with Crippen LogP contribution >= 0.6 is 0 Å². The predicted molar refractivity (Wildman–Crippen MR) is 207 cm³/mol. The van der Waals surface area contributed by atoms with E-state index in [4.69, 9.17) is 14.6 Å². The van der Waals surface area contributed by atoms with Gasteiger partial charge in [-0.05, 0) is 95.1 Å². The fourth-order valence-electron chi connectivity index (χ4n) is 4.69. The van der Waals surface area contributed by atoms with Crippen LogP contribution in [0.3, 0.4) is 0 Å². The third kappa shape index (κ3) is 18.2. The molecule has 0 spiro atoms. The van der Waals surface area contributed by atoms with E-state index in [9.17, 15) is 28.0 Å². The van der Waals surface area contributed by atoms with Gasteiger partial charge in [-0.2, -0.15) is 0 Å². The molecular formula is C42H52F2N4O7. The van der Waals surface area contributed by atoms with Crippen molar-refractivity contribution in [2.24, 2.45) is 0 Å². The molecule has 2 atom stereocenters. The van der Waals surface area contributed by atoms with Crippen LogP contribution in [0, 0.1) is 11.6 Å². The van der Waals surface area contributed by atoms with Crippen LogP contribution in [0.2, 0.25) is 0 Å². The molecule has 4 N–H and O–H groups in total. The molecule has 4 aromatic rings. The molecule has 11 nitrogen and oxygen atoms in total. The highest BCUT2D eigenvalue weighted by atomic mass is 19.1. The molecule has 296 valence electrons. The Morgan fingerprint density at radius 3 is 1.40 bits per heavy atom. The summed E-state index contributed by atoms with van der Waals surface area (Å²) >= 11 is 0. The standard InChI is InChI=1S/C21H25FN2O3.C13H17NO4.C8H10FN/c1-21(2,3)27-20(26)23-18(16-8-6-5-7-9-16)19(25)24(4)14-15-10-12-17(22)13-11-15;1-13(2,3)18-12(17)14-10(11(15)16)9-7-5-4-6-8-9;1-10-6-7-2-4-8(9)5-3-7/h5-13,18H,14H2,1-4H3,(H,23,26);4-8,10H,1-3H3,(H,14,17)(H,15,16);2-5,10H,6H2,1H3/t18-;10-;/m00./s1. The van der Waals surface area contributed by atoms with Crippen LogP contribution in [0.15, 0.2) is 109 Å². The summed E-state index contributed by atoms with van der Waals surface area (Å²) in [6.07, 6.45) is -1.42. The molecule has 0 bridgehead atoms. The maximum absolute atomic E-state index is 13.1. The summed E-state index contributed by atoms with van der Waals surface area (Å²) in [5.41, 5.74) is 1.70. The Hall–Kier alpha value is -5.82. The van der Waals surface area contributed by atoms with Crippen molar-refractivity contribution < 1.29 is 42.5 Å². The Labute approximate surface area is 322 Å². The maximum atomic E-state index is 13.1. The van der Waals surface area contributed by atoms with Crippen molar-refractivity contribution in [3.63, 3.8) is 0 Å². The highest BCUT2D eigenvalue weighted by Crippen LogP contribution is 2.19. The second kappa shape index (κ2) is 21.8. The molecule has 13 heteroatoms. The fourth-order valence-corrected chi connectivity index (χ4v) is 4.69. The normalized spacial score (nSPS) is 11.9. The molecule has 0 unspecified atom stereocenters. The number of aliphatic carboxylic acids is 1. The van der Waals surface area contributed by atoms with Crippen molar-refractivity contribution in [1.82, 2.24) is 20.9 Å². The highest BCUT2D eigenvalue weighted by Gasteiger charge is 2.28. The van der Waals surface area contributed by atoms with Gasteiger partial charge in [-0.25, -0.2) is 23.2 Å². The van der Waals surface area contributed by atoms with Crippen LogP contribution in [0.5, 0.6) is 0 Å². The van der Waals surface area contributed by atoms with Gasteiger partial charge in [0.15, 0.2) is 6.04 Å². The topological polar surface area (TPSA) is 146 Å². The second-order valence-electron chi connectivity index (χ2n) is 14.3. The molecule has 0 radical (unpaired) electrons. The van der Waals surface area contributed by atoms with Crippen LogP contribution < -0.4 is 16.0 Å². The molecule has 0 fully saturated rings. The SMILES string of the molecule is CC(C)(C)OC(=O)N[C@H](C(=O)O)c1ccccc1.CN(Cc1ccc(F)cc1)C(=O)[C@@H](NC(=O)OC(C)(C)C)c1ccccc1.CNCc1ccc(F)cc1. The third-order valence-electron chi connectivity index (χ3n) is 7.09. The minimum atomic E-state index is -1.13. The molecule has 0 aliphatic rings. The Kier molecular flexibility index (Phi) is 17.9. The van der Waals surface area contributed by atoms with Gasteiger partial charge in [0.2, 0.25) is 5.91 Å². The smallest absolute Gasteiger partial charge is 0.408 e. The van der Waals surface area contributed by atoms with E-state index >= 15 is 0 Å². The number of hydrogen-bond acceptors (Lipinski definition) is 7. The number of carbonyl (C=O) groups is 4. The molecule has 0 aliphatic heterocycles. The van der Waals surface area contributed by atoms with E-state index in [1.807, 2.05) is 13.1 Å². The molecule has 3 amide bonds.